The fourth-order valence-electron chi connectivity index (χ4n) is 2.20. The molecule has 3 rings (SSSR count). The van der Waals surface area contributed by atoms with Crippen molar-refractivity contribution in [2.45, 2.75) is 13.0 Å². The minimum atomic E-state index is -0.508. The standard InChI is InChI=1S/C14H15N3O2/c1-2-19-14(18)13-12-8-5-9-17(12)16-11-7-4-3-6-10(11)15-13/h3-9,13,15-16H,2H2,1H3. The average molecular weight is 257 g/mol. The summed E-state index contributed by atoms with van der Waals surface area (Å²) < 4.78 is 6.97. The van der Waals surface area contributed by atoms with E-state index in [1.165, 1.54) is 0 Å². The Bertz CT molecular complexity index is 606. The molecule has 0 radical (unpaired) electrons. The highest BCUT2D eigenvalue weighted by atomic mass is 16.5. The molecule has 5 heteroatoms. The first-order valence-corrected chi connectivity index (χ1v) is 6.26. The van der Waals surface area contributed by atoms with Gasteiger partial charge in [-0.15, -0.1) is 0 Å². The maximum Gasteiger partial charge on any atom is 0.334 e. The molecule has 0 saturated carbocycles. The van der Waals surface area contributed by atoms with E-state index < -0.39 is 6.04 Å². The van der Waals surface area contributed by atoms with Crippen molar-refractivity contribution < 1.29 is 9.53 Å². The number of carbonyl (C=O) groups excluding carboxylic acids is 1. The minimum Gasteiger partial charge on any atom is -0.464 e. The van der Waals surface area contributed by atoms with Crippen molar-refractivity contribution in [1.29, 1.82) is 0 Å². The van der Waals surface area contributed by atoms with E-state index in [1.807, 2.05) is 47.3 Å². The zero-order chi connectivity index (χ0) is 13.2. The summed E-state index contributed by atoms with van der Waals surface area (Å²) in [6.45, 7) is 2.17. The fraction of sp³-hybridized carbons (Fsp3) is 0.214. The van der Waals surface area contributed by atoms with Crippen LogP contribution in [0.4, 0.5) is 11.4 Å². The van der Waals surface area contributed by atoms with Crippen molar-refractivity contribution in [3.05, 3.63) is 48.3 Å². The third-order valence-corrected chi connectivity index (χ3v) is 3.07. The predicted molar refractivity (Wildman–Crippen MR) is 72.9 cm³/mol. The fourth-order valence-corrected chi connectivity index (χ4v) is 2.20. The normalized spacial score (nSPS) is 16.4. The lowest BCUT2D eigenvalue weighted by atomic mass is 10.2. The Kier molecular flexibility index (Phi) is 2.87. The molecule has 1 aliphatic heterocycles. The van der Waals surface area contributed by atoms with Crippen molar-refractivity contribution >= 4 is 17.3 Å². The third kappa shape index (κ3) is 2.03. The summed E-state index contributed by atoms with van der Waals surface area (Å²) >= 11 is 0. The van der Waals surface area contributed by atoms with Crippen LogP contribution in [0.25, 0.3) is 0 Å². The van der Waals surface area contributed by atoms with Crippen LogP contribution in [0.3, 0.4) is 0 Å². The summed E-state index contributed by atoms with van der Waals surface area (Å²) in [6, 6.07) is 11.0. The number of para-hydroxylation sites is 2. The Hall–Kier alpha value is -2.43. The molecule has 0 aliphatic carbocycles. The lowest BCUT2D eigenvalue weighted by Gasteiger charge is -2.16. The molecular formula is C14H15N3O2. The van der Waals surface area contributed by atoms with Crippen LogP contribution in [0.1, 0.15) is 18.7 Å². The molecule has 19 heavy (non-hydrogen) atoms. The smallest absolute Gasteiger partial charge is 0.334 e. The molecule has 0 fully saturated rings. The molecule has 2 heterocycles. The molecule has 0 spiro atoms. The van der Waals surface area contributed by atoms with Crippen molar-refractivity contribution in [2.75, 3.05) is 17.3 Å². The molecule has 5 nitrogen and oxygen atoms in total. The number of benzene rings is 1. The molecule has 1 aliphatic rings. The number of hydrogen-bond donors (Lipinski definition) is 2. The van der Waals surface area contributed by atoms with Crippen LogP contribution in [0.15, 0.2) is 42.6 Å². The second-order valence-electron chi connectivity index (χ2n) is 4.29. The van der Waals surface area contributed by atoms with Gasteiger partial charge in [-0.05, 0) is 31.2 Å². The van der Waals surface area contributed by atoms with Gasteiger partial charge >= 0.3 is 5.97 Å². The lowest BCUT2D eigenvalue weighted by molar-refractivity contribution is -0.144. The number of anilines is 2. The molecule has 2 aromatic rings. The summed E-state index contributed by atoms with van der Waals surface area (Å²) in [4.78, 5) is 12.1. The third-order valence-electron chi connectivity index (χ3n) is 3.07. The molecule has 1 unspecified atom stereocenters. The topological polar surface area (TPSA) is 55.3 Å². The van der Waals surface area contributed by atoms with Crippen molar-refractivity contribution in [2.24, 2.45) is 0 Å². The molecule has 0 bridgehead atoms. The van der Waals surface area contributed by atoms with Crippen LogP contribution in [0.5, 0.6) is 0 Å². The van der Waals surface area contributed by atoms with E-state index in [2.05, 4.69) is 10.7 Å². The highest BCUT2D eigenvalue weighted by Gasteiger charge is 2.28. The van der Waals surface area contributed by atoms with Gasteiger partial charge in [-0.3, -0.25) is 10.1 Å². The quantitative estimate of drug-likeness (QED) is 0.811. The summed E-state index contributed by atoms with van der Waals surface area (Å²) in [7, 11) is 0. The second-order valence-corrected chi connectivity index (χ2v) is 4.29. The van der Waals surface area contributed by atoms with Crippen molar-refractivity contribution in [3.63, 3.8) is 0 Å². The van der Waals surface area contributed by atoms with Crippen LogP contribution in [-0.2, 0) is 9.53 Å². The summed E-state index contributed by atoms with van der Waals surface area (Å²) in [5, 5.41) is 3.23. The molecule has 1 aromatic heterocycles. The number of fused-ring (bicyclic) bond motifs is 2. The highest BCUT2D eigenvalue weighted by molar-refractivity contribution is 5.84. The van der Waals surface area contributed by atoms with E-state index in [1.54, 1.807) is 6.92 Å². The number of rotatable bonds is 2. The van der Waals surface area contributed by atoms with Crippen LogP contribution < -0.4 is 10.7 Å². The Labute approximate surface area is 111 Å². The van der Waals surface area contributed by atoms with E-state index in [-0.39, 0.29) is 5.97 Å². The van der Waals surface area contributed by atoms with E-state index in [0.717, 1.165) is 17.1 Å². The number of esters is 1. The minimum absolute atomic E-state index is 0.277. The predicted octanol–water partition coefficient (Wildman–Crippen LogP) is 2.39. The summed E-state index contributed by atoms with van der Waals surface area (Å²) in [5.41, 5.74) is 5.89. The van der Waals surface area contributed by atoms with E-state index in [4.69, 9.17) is 4.74 Å². The molecule has 2 N–H and O–H groups in total. The first-order valence-electron chi connectivity index (χ1n) is 6.26. The zero-order valence-corrected chi connectivity index (χ0v) is 10.6. The molecule has 98 valence electrons. The van der Waals surface area contributed by atoms with Gasteiger partial charge in [-0.25, -0.2) is 4.79 Å². The number of aromatic nitrogens is 1. The van der Waals surface area contributed by atoms with Crippen LogP contribution in [-0.4, -0.2) is 17.3 Å². The van der Waals surface area contributed by atoms with Gasteiger partial charge in [0.05, 0.1) is 23.7 Å². The molecule has 0 amide bonds. The van der Waals surface area contributed by atoms with Crippen LogP contribution in [0, 0.1) is 0 Å². The van der Waals surface area contributed by atoms with Gasteiger partial charge in [0.15, 0.2) is 6.04 Å². The SMILES string of the molecule is CCOC(=O)C1Nc2ccccc2Nn2cccc21. The van der Waals surface area contributed by atoms with Gasteiger partial charge in [0.25, 0.3) is 0 Å². The maximum atomic E-state index is 12.1. The van der Waals surface area contributed by atoms with Gasteiger partial charge in [0.2, 0.25) is 0 Å². The van der Waals surface area contributed by atoms with Gasteiger partial charge < -0.3 is 10.1 Å². The van der Waals surface area contributed by atoms with E-state index in [9.17, 15) is 4.79 Å². The van der Waals surface area contributed by atoms with E-state index >= 15 is 0 Å². The number of ether oxygens (including phenoxy) is 1. The first kappa shape index (κ1) is 11.6. The highest BCUT2D eigenvalue weighted by Crippen LogP contribution is 2.31. The zero-order valence-electron chi connectivity index (χ0n) is 10.6. The summed E-state index contributed by atoms with van der Waals surface area (Å²) in [6.07, 6.45) is 1.88. The molecule has 1 aromatic carbocycles. The van der Waals surface area contributed by atoms with Crippen molar-refractivity contribution in [1.82, 2.24) is 4.68 Å². The molecule has 1 atom stereocenters. The number of carbonyl (C=O) groups is 1. The number of nitrogens with zero attached hydrogens (tertiary/aromatic N) is 1. The Morgan fingerprint density at radius 3 is 2.84 bits per heavy atom. The van der Waals surface area contributed by atoms with Gasteiger partial charge in [0, 0.05) is 6.20 Å². The number of nitrogens with one attached hydrogen (secondary N) is 2. The van der Waals surface area contributed by atoms with Gasteiger partial charge in [0.1, 0.15) is 0 Å². The average Bonchev–Trinajstić information content (AvgIpc) is 2.80. The van der Waals surface area contributed by atoms with E-state index in [0.29, 0.717) is 6.61 Å². The lowest BCUT2D eigenvalue weighted by Crippen LogP contribution is -2.24. The Morgan fingerprint density at radius 2 is 2.05 bits per heavy atom. The molecule has 0 saturated heterocycles. The Balaban J connectivity index is 2.04. The number of hydrogen-bond acceptors (Lipinski definition) is 4. The van der Waals surface area contributed by atoms with Crippen LogP contribution in [0.2, 0.25) is 0 Å². The maximum absolute atomic E-state index is 12.1. The molecular weight excluding hydrogens is 242 g/mol. The largest absolute Gasteiger partial charge is 0.464 e. The second kappa shape index (κ2) is 4.68. The first-order chi connectivity index (χ1) is 9.29. The van der Waals surface area contributed by atoms with Gasteiger partial charge in [-0.1, -0.05) is 12.1 Å². The summed E-state index contributed by atoms with van der Waals surface area (Å²) in [5.74, 6) is -0.277. The Morgan fingerprint density at radius 1 is 1.26 bits per heavy atom. The van der Waals surface area contributed by atoms with Crippen molar-refractivity contribution in [3.8, 4) is 0 Å². The van der Waals surface area contributed by atoms with Gasteiger partial charge in [-0.2, -0.15) is 0 Å². The monoisotopic (exact) mass is 257 g/mol. The van der Waals surface area contributed by atoms with Crippen LogP contribution >= 0.6 is 0 Å².